The molecule has 60 valence electrons. The van der Waals surface area contributed by atoms with Gasteiger partial charge in [0.25, 0.3) is 0 Å². The molecule has 1 saturated heterocycles. The molecule has 0 radical (unpaired) electrons. The summed E-state index contributed by atoms with van der Waals surface area (Å²) in [5.41, 5.74) is 0.638. The molecule has 0 aromatic rings. The molecule has 1 heterocycles. The smallest absolute Gasteiger partial charge is 0.00447 e. The first-order chi connectivity index (χ1) is 4.72. The maximum absolute atomic E-state index is 3.51. The van der Waals surface area contributed by atoms with E-state index in [1.807, 2.05) is 0 Å². The number of hydrogen-bond acceptors (Lipinski definition) is 1. The van der Waals surface area contributed by atoms with Gasteiger partial charge in [-0.2, -0.15) is 0 Å². The van der Waals surface area contributed by atoms with Crippen LogP contribution in [0.25, 0.3) is 0 Å². The Morgan fingerprint density at radius 1 is 1.40 bits per heavy atom. The zero-order valence-electron chi connectivity index (χ0n) is 7.41. The SMILES string of the molecule is CCC1(CC)CNC(C)C1. The molecule has 1 aliphatic heterocycles. The predicted molar refractivity (Wildman–Crippen MR) is 45.1 cm³/mol. The third-order valence-electron chi connectivity index (χ3n) is 3.06. The highest BCUT2D eigenvalue weighted by molar-refractivity contribution is 4.89. The average molecular weight is 141 g/mol. The molecule has 0 saturated carbocycles. The maximum atomic E-state index is 3.51. The highest BCUT2D eigenvalue weighted by Gasteiger charge is 2.33. The molecule has 1 fully saturated rings. The van der Waals surface area contributed by atoms with E-state index >= 15 is 0 Å². The van der Waals surface area contributed by atoms with Crippen molar-refractivity contribution in [2.45, 2.75) is 46.1 Å². The van der Waals surface area contributed by atoms with Crippen LogP contribution in [0.4, 0.5) is 0 Å². The summed E-state index contributed by atoms with van der Waals surface area (Å²) in [7, 11) is 0. The average Bonchev–Trinajstić information content (AvgIpc) is 2.33. The van der Waals surface area contributed by atoms with Gasteiger partial charge in [0.05, 0.1) is 0 Å². The molecule has 0 aromatic carbocycles. The first-order valence-electron chi connectivity index (χ1n) is 4.46. The molecule has 1 atom stereocenters. The summed E-state index contributed by atoms with van der Waals surface area (Å²) in [6.07, 6.45) is 4.04. The van der Waals surface area contributed by atoms with Crippen LogP contribution in [-0.2, 0) is 0 Å². The van der Waals surface area contributed by atoms with Gasteiger partial charge in [-0.3, -0.25) is 0 Å². The molecular weight excluding hydrogens is 122 g/mol. The van der Waals surface area contributed by atoms with E-state index in [4.69, 9.17) is 0 Å². The minimum atomic E-state index is 0.638. The van der Waals surface area contributed by atoms with Gasteiger partial charge in [0.1, 0.15) is 0 Å². The van der Waals surface area contributed by atoms with E-state index in [-0.39, 0.29) is 0 Å². The molecule has 1 rings (SSSR count). The Morgan fingerprint density at radius 2 is 2.00 bits per heavy atom. The van der Waals surface area contributed by atoms with Crippen LogP contribution in [0.1, 0.15) is 40.0 Å². The molecule has 0 amide bonds. The lowest BCUT2D eigenvalue weighted by Crippen LogP contribution is -2.22. The van der Waals surface area contributed by atoms with Gasteiger partial charge in [0, 0.05) is 12.6 Å². The van der Waals surface area contributed by atoms with Crippen LogP contribution in [0.3, 0.4) is 0 Å². The summed E-state index contributed by atoms with van der Waals surface area (Å²) in [6.45, 7) is 8.14. The standard InChI is InChI=1S/C9H19N/c1-4-9(5-2)6-8(3)10-7-9/h8,10H,4-7H2,1-3H3. The second kappa shape index (κ2) is 2.91. The minimum Gasteiger partial charge on any atom is -0.314 e. The van der Waals surface area contributed by atoms with Crippen molar-refractivity contribution in [2.24, 2.45) is 5.41 Å². The Morgan fingerprint density at radius 3 is 2.20 bits per heavy atom. The normalized spacial score (nSPS) is 30.9. The number of hydrogen-bond donors (Lipinski definition) is 1. The van der Waals surface area contributed by atoms with Crippen molar-refractivity contribution in [3.8, 4) is 0 Å². The van der Waals surface area contributed by atoms with Crippen LogP contribution >= 0.6 is 0 Å². The van der Waals surface area contributed by atoms with Crippen LogP contribution in [0.5, 0.6) is 0 Å². The van der Waals surface area contributed by atoms with Crippen LogP contribution in [0, 0.1) is 5.41 Å². The van der Waals surface area contributed by atoms with Gasteiger partial charge in [-0.15, -0.1) is 0 Å². The lowest BCUT2D eigenvalue weighted by molar-refractivity contribution is 0.292. The molecule has 0 spiro atoms. The van der Waals surface area contributed by atoms with Gasteiger partial charge in [0.15, 0.2) is 0 Å². The molecule has 0 bridgehead atoms. The summed E-state index contributed by atoms with van der Waals surface area (Å²) < 4.78 is 0. The summed E-state index contributed by atoms with van der Waals surface area (Å²) >= 11 is 0. The second-order valence-corrected chi connectivity index (χ2v) is 3.69. The number of nitrogens with one attached hydrogen (secondary N) is 1. The summed E-state index contributed by atoms with van der Waals surface area (Å²) in [5.74, 6) is 0. The van der Waals surface area contributed by atoms with Crippen molar-refractivity contribution < 1.29 is 0 Å². The van der Waals surface area contributed by atoms with Crippen LogP contribution < -0.4 is 5.32 Å². The van der Waals surface area contributed by atoms with Crippen LogP contribution in [-0.4, -0.2) is 12.6 Å². The van der Waals surface area contributed by atoms with Crippen molar-refractivity contribution in [1.82, 2.24) is 5.32 Å². The summed E-state index contributed by atoms with van der Waals surface area (Å²) in [5, 5.41) is 3.51. The first-order valence-corrected chi connectivity index (χ1v) is 4.46. The van der Waals surface area contributed by atoms with Crippen molar-refractivity contribution in [3.05, 3.63) is 0 Å². The minimum absolute atomic E-state index is 0.638. The van der Waals surface area contributed by atoms with E-state index in [0.717, 1.165) is 6.04 Å². The lowest BCUT2D eigenvalue weighted by Gasteiger charge is -2.24. The van der Waals surface area contributed by atoms with Crippen molar-refractivity contribution in [3.63, 3.8) is 0 Å². The zero-order valence-corrected chi connectivity index (χ0v) is 7.41. The van der Waals surface area contributed by atoms with Gasteiger partial charge in [-0.1, -0.05) is 13.8 Å². The maximum Gasteiger partial charge on any atom is 0.00447 e. The fraction of sp³-hybridized carbons (Fsp3) is 1.00. The fourth-order valence-corrected chi connectivity index (χ4v) is 1.97. The Labute approximate surface area is 64.2 Å². The van der Waals surface area contributed by atoms with Gasteiger partial charge in [-0.05, 0) is 31.6 Å². The molecule has 0 aliphatic carbocycles. The molecule has 1 N–H and O–H groups in total. The molecule has 0 aromatic heterocycles. The Hall–Kier alpha value is -0.0400. The highest BCUT2D eigenvalue weighted by atomic mass is 15.0. The zero-order chi connectivity index (χ0) is 7.61. The van der Waals surface area contributed by atoms with E-state index in [9.17, 15) is 0 Å². The van der Waals surface area contributed by atoms with Crippen LogP contribution in [0.2, 0.25) is 0 Å². The van der Waals surface area contributed by atoms with E-state index < -0.39 is 0 Å². The largest absolute Gasteiger partial charge is 0.314 e. The van der Waals surface area contributed by atoms with Gasteiger partial charge >= 0.3 is 0 Å². The van der Waals surface area contributed by atoms with Crippen molar-refractivity contribution in [2.75, 3.05) is 6.54 Å². The monoisotopic (exact) mass is 141 g/mol. The van der Waals surface area contributed by atoms with Crippen molar-refractivity contribution in [1.29, 1.82) is 0 Å². The molecule has 1 aliphatic rings. The van der Waals surface area contributed by atoms with Gasteiger partial charge in [0.2, 0.25) is 0 Å². The summed E-state index contributed by atoms with van der Waals surface area (Å²) in [4.78, 5) is 0. The lowest BCUT2D eigenvalue weighted by atomic mass is 9.80. The van der Waals surface area contributed by atoms with Gasteiger partial charge < -0.3 is 5.32 Å². The van der Waals surface area contributed by atoms with E-state index in [2.05, 4.69) is 26.1 Å². The first kappa shape index (κ1) is 8.06. The van der Waals surface area contributed by atoms with E-state index in [1.54, 1.807) is 0 Å². The van der Waals surface area contributed by atoms with Gasteiger partial charge in [-0.25, -0.2) is 0 Å². The molecule has 1 heteroatoms. The predicted octanol–water partition coefficient (Wildman–Crippen LogP) is 2.17. The van der Waals surface area contributed by atoms with E-state index in [0.29, 0.717) is 5.41 Å². The summed E-state index contributed by atoms with van der Waals surface area (Å²) in [6, 6.07) is 0.750. The molecule has 10 heavy (non-hydrogen) atoms. The van der Waals surface area contributed by atoms with Crippen molar-refractivity contribution >= 4 is 0 Å². The molecule has 1 unspecified atom stereocenters. The quantitative estimate of drug-likeness (QED) is 0.621. The third kappa shape index (κ3) is 1.34. The molecule has 1 nitrogen and oxygen atoms in total. The Kier molecular flexibility index (Phi) is 2.35. The van der Waals surface area contributed by atoms with E-state index in [1.165, 1.54) is 25.8 Å². The number of rotatable bonds is 2. The Bertz CT molecular complexity index is 105. The van der Waals surface area contributed by atoms with Crippen LogP contribution in [0.15, 0.2) is 0 Å². The Balaban J connectivity index is 2.51. The highest BCUT2D eigenvalue weighted by Crippen LogP contribution is 2.35. The molecular formula is C9H19N. The second-order valence-electron chi connectivity index (χ2n) is 3.69. The fourth-order valence-electron chi connectivity index (χ4n) is 1.97. The topological polar surface area (TPSA) is 12.0 Å². The third-order valence-corrected chi connectivity index (χ3v) is 3.06.